The summed E-state index contributed by atoms with van der Waals surface area (Å²) in [6.45, 7) is 3.47. The topological polar surface area (TPSA) is 29.8 Å². The van der Waals surface area contributed by atoms with Gasteiger partial charge in [0, 0.05) is 30.0 Å². The smallest absolute Gasteiger partial charge is 0.195 e. The number of morpholine rings is 1. The van der Waals surface area contributed by atoms with Crippen LogP contribution in [0.2, 0.25) is 0 Å². The van der Waals surface area contributed by atoms with Crippen LogP contribution in [0, 0.1) is 0 Å². The van der Waals surface area contributed by atoms with E-state index >= 15 is 0 Å². The molecule has 86 valence electrons. The molecule has 6 heteroatoms. The molecule has 0 unspecified atom stereocenters. The predicted octanol–water partition coefficient (Wildman–Crippen LogP) is 2.13. The molecule has 1 aliphatic rings. The molecule has 2 aromatic heterocycles. The van der Waals surface area contributed by atoms with Crippen LogP contribution in [0.1, 0.15) is 5.69 Å². The lowest BCUT2D eigenvalue weighted by Crippen LogP contribution is -2.37. The van der Waals surface area contributed by atoms with Crippen LogP contribution in [0.15, 0.2) is 11.6 Å². The number of aromatic nitrogens is 2. The average Bonchev–Trinajstić information content (AvgIpc) is 2.89. The molecule has 0 atom stereocenters. The number of hydrogen-bond acceptors (Lipinski definition) is 4. The molecule has 1 fully saturated rings. The highest BCUT2D eigenvalue weighted by molar-refractivity contribution is 9.08. The van der Waals surface area contributed by atoms with Gasteiger partial charge in [-0.25, -0.2) is 4.98 Å². The summed E-state index contributed by atoms with van der Waals surface area (Å²) >= 11 is 5.22. The summed E-state index contributed by atoms with van der Waals surface area (Å²) in [6.07, 6.45) is 2.08. The lowest BCUT2D eigenvalue weighted by atomic mass is 10.3. The van der Waals surface area contributed by atoms with E-state index in [4.69, 9.17) is 4.74 Å². The van der Waals surface area contributed by atoms with E-state index in [1.54, 1.807) is 11.3 Å². The molecule has 16 heavy (non-hydrogen) atoms. The molecule has 0 aliphatic carbocycles. The fourth-order valence-corrected chi connectivity index (χ4v) is 3.22. The normalized spacial score (nSPS) is 17.2. The van der Waals surface area contributed by atoms with Gasteiger partial charge in [0.1, 0.15) is 0 Å². The number of rotatable bonds is 2. The molecular weight excluding hydrogens is 290 g/mol. The molecule has 0 radical (unpaired) electrons. The Labute approximate surface area is 106 Å². The van der Waals surface area contributed by atoms with Gasteiger partial charge in [-0.05, 0) is 0 Å². The van der Waals surface area contributed by atoms with Gasteiger partial charge >= 0.3 is 0 Å². The van der Waals surface area contributed by atoms with Gasteiger partial charge < -0.3 is 9.64 Å². The molecule has 2 aromatic rings. The first kappa shape index (κ1) is 10.6. The van der Waals surface area contributed by atoms with E-state index < -0.39 is 0 Å². The Kier molecular flexibility index (Phi) is 2.87. The maximum atomic E-state index is 5.36. The van der Waals surface area contributed by atoms with Crippen molar-refractivity contribution in [3.05, 3.63) is 17.3 Å². The zero-order valence-electron chi connectivity index (χ0n) is 8.73. The molecule has 0 saturated carbocycles. The van der Waals surface area contributed by atoms with E-state index in [1.165, 1.54) is 5.69 Å². The van der Waals surface area contributed by atoms with Crippen LogP contribution in [0.3, 0.4) is 0 Å². The summed E-state index contributed by atoms with van der Waals surface area (Å²) in [6, 6.07) is 0. The third kappa shape index (κ3) is 1.65. The van der Waals surface area contributed by atoms with Crippen LogP contribution in [-0.2, 0) is 10.1 Å². The Hall–Kier alpha value is -0.590. The SMILES string of the molecule is BrCc1c(N2CCOCC2)nc2sccn12. The Bertz CT molecular complexity index is 489. The minimum absolute atomic E-state index is 0.799. The number of ether oxygens (including phenoxy) is 1. The van der Waals surface area contributed by atoms with Crippen molar-refractivity contribution >= 4 is 38.0 Å². The zero-order valence-corrected chi connectivity index (χ0v) is 11.1. The summed E-state index contributed by atoms with van der Waals surface area (Å²) in [5.41, 5.74) is 1.23. The van der Waals surface area contributed by atoms with Gasteiger partial charge in [0.25, 0.3) is 0 Å². The maximum absolute atomic E-state index is 5.36. The lowest BCUT2D eigenvalue weighted by Gasteiger charge is -2.27. The van der Waals surface area contributed by atoms with E-state index in [0.29, 0.717) is 0 Å². The van der Waals surface area contributed by atoms with Gasteiger partial charge in [0.05, 0.1) is 18.9 Å². The van der Waals surface area contributed by atoms with Crippen molar-refractivity contribution in [2.24, 2.45) is 0 Å². The van der Waals surface area contributed by atoms with Crippen LogP contribution in [0.5, 0.6) is 0 Å². The first-order valence-corrected chi connectivity index (χ1v) is 7.23. The molecule has 0 spiro atoms. The van der Waals surface area contributed by atoms with Crippen molar-refractivity contribution in [2.75, 3.05) is 31.2 Å². The number of hydrogen-bond donors (Lipinski definition) is 0. The molecule has 4 nitrogen and oxygen atoms in total. The van der Waals surface area contributed by atoms with Crippen molar-refractivity contribution < 1.29 is 4.74 Å². The number of imidazole rings is 1. The fourth-order valence-electron chi connectivity index (χ4n) is 1.97. The quantitative estimate of drug-likeness (QED) is 0.796. The van der Waals surface area contributed by atoms with Crippen molar-refractivity contribution in [3.63, 3.8) is 0 Å². The second-order valence-corrected chi connectivity index (χ2v) is 5.10. The molecule has 3 rings (SSSR count). The van der Waals surface area contributed by atoms with Crippen LogP contribution in [0.4, 0.5) is 5.82 Å². The van der Waals surface area contributed by atoms with Crippen molar-refractivity contribution in [1.82, 2.24) is 9.38 Å². The second-order valence-electron chi connectivity index (χ2n) is 3.67. The molecular formula is C10H12BrN3OS. The maximum Gasteiger partial charge on any atom is 0.195 e. The highest BCUT2D eigenvalue weighted by atomic mass is 79.9. The van der Waals surface area contributed by atoms with Crippen LogP contribution in [0.25, 0.3) is 4.96 Å². The summed E-state index contributed by atoms with van der Waals surface area (Å²) in [5, 5.41) is 2.90. The monoisotopic (exact) mass is 301 g/mol. The largest absolute Gasteiger partial charge is 0.378 e. The first-order valence-electron chi connectivity index (χ1n) is 5.23. The Morgan fingerprint density at radius 2 is 2.25 bits per heavy atom. The first-order chi connectivity index (χ1) is 7.90. The summed E-state index contributed by atoms with van der Waals surface area (Å²) in [4.78, 5) is 8.06. The van der Waals surface area contributed by atoms with Crippen molar-refractivity contribution in [2.45, 2.75) is 5.33 Å². The predicted molar refractivity (Wildman–Crippen MR) is 68.7 cm³/mol. The lowest BCUT2D eigenvalue weighted by molar-refractivity contribution is 0.122. The standard InChI is InChI=1S/C10H12BrN3OS/c11-7-8-9(13-1-4-15-5-2-13)12-10-14(8)3-6-16-10/h3,6H,1-2,4-5,7H2. The van der Waals surface area contributed by atoms with E-state index in [1.807, 2.05) is 0 Å². The second kappa shape index (κ2) is 4.35. The van der Waals surface area contributed by atoms with Crippen molar-refractivity contribution in [1.29, 1.82) is 0 Å². The minimum atomic E-state index is 0.799. The Balaban J connectivity index is 2.03. The van der Waals surface area contributed by atoms with Gasteiger partial charge in [-0.3, -0.25) is 4.40 Å². The minimum Gasteiger partial charge on any atom is -0.378 e. The molecule has 0 N–H and O–H groups in total. The van der Waals surface area contributed by atoms with Gasteiger partial charge in [-0.2, -0.15) is 0 Å². The number of thiazole rings is 1. The molecule has 1 aliphatic heterocycles. The van der Waals surface area contributed by atoms with Crippen LogP contribution in [-0.4, -0.2) is 35.7 Å². The number of alkyl halides is 1. The number of nitrogens with zero attached hydrogens (tertiary/aromatic N) is 3. The number of fused-ring (bicyclic) bond motifs is 1. The van der Waals surface area contributed by atoms with E-state index in [0.717, 1.165) is 42.4 Å². The summed E-state index contributed by atoms with van der Waals surface area (Å²) in [5.74, 6) is 1.10. The third-order valence-corrected chi connectivity index (χ3v) is 4.06. The van der Waals surface area contributed by atoms with E-state index in [9.17, 15) is 0 Å². The number of anilines is 1. The molecule has 1 saturated heterocycles. The summed E-state index contributed by atoms with van der Waals surface area (Å²) < 4.78 is 7.52. The van der Waals surface area contributed by atoms with Gasteiger partial charge in [-0.1, -0.05) is 15.9 Å². The fraction of sp³-hybridized carbons (Fsp3) is 0.500. The molecule has 0 amide bonds. The van der Waals surface area contributed by atoms with Crippen molar-refractivity contribution in [3.8, 4) is 0 Å². The van der Waals surface area contributed by atoms with Crippen LogP contribution < -0.4 is 4.90 Å². The zero-order chi connectivity index (χ0) is 11.0. The van der Waals surface area contributed by atoms with E-state index in [-0.39, 0.29) is 0 Å². The molecule has 0 aromatic carbocycles. The highest BCUT2D eigenvalue weighted by Gasteiger charge is 2.19. The van der Waals surface area contributed by atoms with Gasteiger partial charge in [-0.15, -0.1) is 11.3 Å². The number of halogens is 1. The van der Waals surface area contributed by atoms with Gasteiger partial charge in [0.2, 0.25) is 0 Å². The Morgan fingerprint density at radius 1 is 1.44 bits per heavy atom. The molecule has 0 bridgehead atoms. The molecule has 3 heterocycles. The highest BCUT2D eigenvalue weighted by Crippen LogP contribution is 2.26. The summed E-state index contributed by atoms with van der Waals surface area (Å²) in [7, 11) is 0. The van der Waals surface area contributed by atoms with Gasteiger partial charge in [0.15, 0.2) is 10.8 Å². The van der Waals surface area contributed by atoms with E-state index in [2.05, 4.69) is 41.8 Å². The van der Waals surface area contributed by atoms with Crippen LogP contribution >= 0.6 is 27.3 Å². The third-order valence-electron chi connectivity index (χ3n) is 2.78. The Morgan fingerprint density at radius 3 is 3.00 bits per heavy atom. The average molecular weight is 302 g/mol.